The van der Waals surface area contributed by atoms with Crippen molar-refractivity contribution >= 4 is 33.4 Å². The number of allylic oxidation sites excluding steroid dienone is 1. The van der Waals surface area contributed by atoms with Crippen LogP contribution in [0.5, 0.6) is 0 Å². The quantitative estimate of drug-likeness (QED) is 0.148. The van der Waals surface area contributed by atoms with E-state index in [1.54, 1.807) is 55.5 Å². The van der Waals surface area contributed by atoms with Crippen molar-refractivity contribution < 1.29 is 27.9 Å². The first kappa shape index (κ1) is 39.0. The van der Waals surface area contributed by atoms with E-state index in [2.05, 4.69) is 16.0 Å². The van der Waals surface area contributed by atoms with Gasteiger partial charge in [-0.1, -0.05) is 101 Å². The second-order valence-corrected chi connectivity index (χ2v) is 15.0. The van der Waals surface area contributed by atoms with Gasteiger partial charge in [-0.05, 0) is 54.5 Å². The van der Waals surface area contributed by atoms with Crippen molar-refractivity contribution in [2.45, 2.75) is 77.9 Å². The van der Waals surface area contributed by atoms with E-state index in [0.29, 0.717) is 24.2 Å². The molecule has 0 saturated heterocycles. The van der Waals surface area contributed by atoms with Gasteiger partial charge in [0.1, 0.15) is 6.04 Å². The number of carbonyl (C=O) groups is 3. The van der Waals surface area contributed by atoms with E-state index in [-0.39, 0.29) is 41.1 Å². The predicted molar refractivity (Wildman–Crippen MR) is 194 cm³/mol. The van der Waals surface area contributed by atoms with Crippen molar-refractivity contribution in [3.05, 3.63) is 113 Å². The Balaban J connectivity index is 1.69. The zero-order valence-electron chi connectivity index (χ0n) is 29.2. The minimum atomic E-state index is -3.73. The minimum absolute atomic E-state index is 0.0586. The van der Waals surface area contributed by atoms with Crippen LogP contribution in [0.4, 0.5) is 5.69 Å². The Bertz CT molecular complexity index is 1680. The Morgan fingerprint density at radius 2 is 1.47 bits per heavy atom. The molecule has 0 spiro atoms. The minimum Gasteiger partial charge on any atom is -0.391 e. The van der Waals surface area contributed by atoms with Gasteiger partial charge in [0, 0.05) is 31.1 Å². The summed E-state index contributed by atoms with van der Waals surface area (Å²) >= 11 is 0. The first-order valence-corrected chi connectivity index (χ1v) is 18.2. The number of aliphatic hydroxyl groups excluding tert-OH is 1. The molecule has 264 valence electrons. The van der Waals surface area contributed by atoms with Crippen LogP contribution >= 0.6 is 0 Å². The van der Waals surface area contributed by atoms with E-state index in [1.807, 2.05) is 64.1 Å². The second-order valence-electron chi connectivity index (χ2n) is 13.0. The third-order valence-corrected chi connectivity index (χ3v) is 9.95. The number of benzene rings is 3. The lowest BCUT2D eigenvalue weighted by atomic mass is 9.93. The maximum atomic E-state index is 13.5. The van der Waals surface area contributed by atoms with E-state index < -0.39 is 40.0 Å². The van der Waals surface area contributed by atoms with Crippen LogP contribution in [0.25, 0.3) is 0 Å². The van der Waals surface area contributed by atoms with Crippen LogP contribution in [-0.2, 0) is 31.9 Å². The molecular formula is C38H50N4O6S. The van der Waals surface area contributed by atoms with Gasteiger partial charge in [-0.3, -0.25) is 18.7 Å². The van der Waals surface area contributed by atoms with E-state index in [0.717, 1.165) is 9.87 Å². The Labute approximate surface area is 291 Å². The highest BCUT2D eigenvalue weighted by molar-refractivity contribution is 7.92. The molecule has 3 aromatic carbocycles. The zero-order chi connectivity index (χ0) is 36.1. The standard InChI is InChI=1S/C38H50N4O6S/c1-7-30(36(44)41-35(27(4)5)38(46)39-24-28-15-10-8-11-16-28)23-34(43)33(21-26(2)3)40-37(45)31-19-14-20-32(22-31)42(6)49(47,48)25-29-17-12-9-13-18-29/h7-20,22,26-27,33-35,43H,21,23-25H2,1-6H3,(H,39,46)(H,40,45)(H,41,44)/b30-7-/t33-,34-,35-/m0/s1. The van der Waals surface area contributed by atoms with Crippen molar-refractivity contribution in [1.29, 1.82) is 0 Å². The molecule has 49 heavy (non-hydrogen) atoms. The van der Waals surface area contributed by atoms with Gasteiger partial charge >= 0.3 is 0 Å². The molecule has 4 N–H and O–H groups in total. The summed E-state index contributed by atoms with van der Waals surface area (Å²) in [6.07, 6.45) is 0.843. The number of nitrogens with one attached hydrogen (secondary N) is 3. The van der Waals surface area contributed by atoms with Gasteiger partial charge in [-0.2, -0.15) is 0 Å². The SMILES string of the molecule is C/C=C(/C[C@H](O)[C@H](CC(C)C)NC(=O)c1cccc(N(C)S(=O)(=O)Cc2ccccc2)c1)C(=O)N[C@H](C(=O)NCc1ccccc1)C(C)C. The molecule has 0 aliphatic heterocycles. The number of hydrogen-bond acceptors (Lipinski definition) is 6. The highest BCUT2D eigenvalue weighted by Gasteiger charge is 2.29. The van der Waals surface area contributed by atoms with Crippen LogP contribution in [0.15, 0.2) is 96.6 Å². The molecule has 0 fully saturated rings. The highest BCUT2D eigenvalue weighted by Crippen LogP contribution is 2.22. The molecule has 0 heterocycles. The van der Waals surface area contributed by atoms with E-state index >= 15 is 0 Å². The lowest BCUT2D eigenvalue weighted by Gasteiger charge is -2.27. The number of hydrogen-bond donors (Lipinski definition) is 4. The topological polar surface area (TPSA) is 145 Å². The first-order chi connectivity index (χ1) is 23.2. The van der Waals surface area contributed by atoms with Crippen molar-refractivity contribution in [2.75, 3.05) is 11.4 Å². The van der Waals surface area contributed by atoms with E-state index in [9.17, 15) is 27.9 Å². The summed E-state index contributed by atoms with van der Waals surface area (Å²) in [5.41, 5.74) is 2.42. The van der Waals surface area contributed by atoms with Crippen molar-refractivity contribution in [3.63, 3.8) is 0 Å². The molecule has 3 amide bonds. The van der Waals surface area contributed by atoms with Crippen LogP contribution in [0.1, 0.15) is 68.9 Å². The smallest absolute Gasteiger partial charge is 0.251 e. The number of anilines is 1. The summed E-state index contributed by atoms with van der Waals surface area (Å²) in [5, 5.41) is 20.0. The Morgan fingerprint density at radius 1 is 0.857 bits per heavy atom. The summed E-state index contributed by atoms with van der Waals surface area (Å²) in [6.45, 7) is 9.62. The first-order valence-electron chi connectivity index (χ1n) is 16.6. The Morgan fingerprint density at radius 3 is 2.04 bits per heavy atom. The lowest BCUT2D eigenvalue weighted by molar-refractivity contribution is -0.128. The fraction of sp³-hybridized carbons (Fsp3) is 0.395. The lowest BCUT2D eigenvalue weighted by Crippen LogP contribution is -2.50. The van der Waals surface area contributed by atoms with Gasteiger partial charge in [0.2, 0.25) is 21.8 Å². The number of sulfonamides is 1. The van der Waals surface area contributed by atoms with Crippen LogP contribution in [0, 0.1) is 11.8 Å². The summed E-state index contributed by atoms with van der Waals surface area (Å²) in [4.78, 5) is 39.9. The van der Waals surface area contributed by atoms with Crippen molar-refractivity contribution in [3.8, 4) is 0 Å². The summed E-state index contributed by atoms with van der Waals surface area (Å²) < 4.78 is 27.4. The third kappa shape index (κ3) is 11.9. The number of amides is 3. The number of carbonyl (C=O) groups excluding carboxylic acids is 3. The molecule has 3 aromatic rings. The maximum absolute atomic E-state index is 13.5. The van der Waals surface area contributed by atoms with Gasteiger partial charge in [0.15, 0.2) is 0 Å². The van der Waals surface area contributed by atoms with E-state index in [1.165, 1.54) is 13.1 Å². The molecule has 0 aromatic heterocycles. The summed E-state index contributed by atoms with van der Waals surface area (Å²) in [7, 11) is -2.28. The molecule has 3 rings (SSSR count). The van der Waals surface area contributed by atoms with Crippen LogP contribution in [0.3, 0.4) is 0 Å². The van der Waals surface area contributed by atoms with Crippen LogP contribution < -0.4 is 20.3 Å². The molecule has 11 heteroatoms. The largest absolute Gasteiger partial charge is 0.391 e. The molecule has 0 radical (unpaired) electrons. The summed E-state index contributed by atoms with van der Waals surface area (Å²) in [6, 6.07) is 23.1. The van der Waals surface area contributed by atoms with E-state index in [4.69, 9.17) is 0 Å². The molecule has 0 saturated carbocycles. The number of rotatable bonds is 17. The number of aliphatic hydroxyl groups is 1. The molecule has 0 aliphatic rings. The van der Waals surface area contributed by atoms with Crippen molar-refractivity contribution in [1.82, 2.24) is 16.0 Å². The average Bonchev–Trinajstić information content (AvgIpc) is 3.08. The van der Waals surface area contributed by atoms with Crippen molar-refractivity contribution in [2.24, 2.45) is 11.8 Å². The molecule has 3 atom stereocenters. The molecule has 0 bridgehead atoms. The predicted octanol–water partition coefficient (Wildman–Crippen LogP) is 4.95. The average molecular weight is 691 g/mol. The van der Waals surface area contributed by atoms with Crippen LogP contribution in [0.2, 0.25) is 0 Å². The summed E-state index contributed by atoms with van der Waals surface area (Å²) in [5.74, 6) is -1.56. The molecular weight excluding hydrogens is 641 g/mol. The zero-order valence-corrected chi connectivity index (χ0v) is 30.0. The van der Waals surface area contributed by atoms with Gasteiger partial charge in [0.25, 0.3) is 5.91 Å². The normalized spacial score (nSPS) is 13.8. The van der Waals surface area contributed by atoms with Gasteiger partial charge < -0.3 is 21.1 Å². The van der Waals surface area contributed by atoms with Gasteiger partial charge in [0.05, 0.1) is 23.6 Å². The monoisotopic (exact) mass is 690 g/mol. The van der Waals surface area contributed by atoms with Gasteiger partial charge in [-0.15, -0.1) is 0 Å². The third-order valence-electron chi connectivity index (χ3n) is 8.20. The number of nitrogens with zero attached hydrogens (tertiary/aromatic N) is 1. The van der Waals surface area contributed by atoms with Crippen LogP contribution in [-0.4, -0.2) is 56.5 Å². The molecule has 0 unspecified atom stereocenters. The maximum Gasteiger partial charge on any atom is 0.251 e. The van der Waals surface area contributed by atoms with Gasteiger partial charge in [-0.25, -0.2) is 8.42 Å². The molecule has 10 nitrogen and oxygen atoms in total. The second kappa shape index (κ2) is 18.3. The Hall–Kier alpha value is -4.48. The highest BCUT2D eigenvalue weighted by atomic mass is 32.2. The molecule has 0 aliphatic carbocycles. The fourth-order valence-corrected chi connectivity index (χ4v) is 6.57. The Kier molecular flexibility index (Phi) is 14.6. The fourth-order valence-electron chi connectivity index (χ4n) is 5.33.